The van der Waals surface area contributed by atoms with E-state index < -0.39 is 5.41 Å². The van der Waals surface area contributed by atoms with Crippen LogP contribution < -0.4 is 4.90 Å². The van der Waals surface area contributed by atoms with E-state index in [1.807, 2.05) is 0 Å². The fraction of sp³-hybridized carbons (Fsp3) is 0.186. The molecule has 1 heteroatoms. The van der Waals surface area contributed by atoms with Crippen LogP contribution in [0.1, 0.15) is 98.5 Å². The Labute approximate surface area is 356 Å². The van der Waals surface area contributed by atoms with Gasteiger partial charge in [0.1, 0.15) is 0 Å². The number of hydrogen-bond donors (Lipinski definition) is 0. The van der Waals surface area contributed by atoms with Crippen molar-refractivity contribution in [3.63, 3.8) is 0 Å². The van der Waals surface area contributed by atoms with Gasteiger partial charge >= 0.3 is 0 Å². The third kappa shape index (κ3) is 4.99. The lowest BCUT2D eigenvalue weighted by atomic mass is 9.55. The van der Waals surface area contributed by atoms with E-state index in [0.717, 1.165) is 17.1 Å². The second kappa shape index (κ2) is 12.8. The Morgan fingerprint density at radius 2 is 0.817 bits per heavy atom. The van der Waals surface area contributed by atoms with Crippen molar-refractivity contribution in [3.8, 4) is 33.4 Å². The smallest absolute Gasteiger partial charge is 0.0720 e. The third-order valence-corrected chi connectivity index (χ3v) is 14.3. The summed E-state index contributed by atoms with van der Waals surface area (Å²) < 4.78 is 0. The van der Waals surface area contributed by atoms with Crippen LogP contribution in [0.2, 0.25) is 0 Å². The predicted molar refractivity (Wildman–Crippen MR) is 252 cm³/mol. The van der Waals surface area contributed by atoms with Crippen molar-refractivity contribution in [2.45, 2.75) is 70.1 Å². The molecule has 0 saturated heterocycles. The van der Waals surface area contributed by atoms with Crippen molar-refractivity contribution in [3.05, 3.63) is 232 Å². The highest BCUT2D eigenvalue weighted by atomic mass is 15.1. The average Bonchev–Trinajstić information content (AvgIpc) is 3.68. The Balaban J connectivity index is 1.20. The van der Waals surface area contributed by atoms with E-state index >= 15 is 0 Å². The van der Waals surface area contributed by atoms with Gasteiger partial charge in [-0.25, -0.2) is 0 Å². The normalized spacial score (nSPS) is 15.7. The average molecular weight is 774 g/mol. The minimum atomic E-state index is -0.505. The van der Waals surface area contributed by atoms with E-state index in [0.29, 0.717) is 0 Å². The Morgan fingerprint density at radius 1 is 0.350 bits per heavy atom. The fourth-order valence-electron chi connectivity index (χ4n) is 11.4. The Hall–Kier alpha value is -6.44. The van der Waals surface area contributed by atoms with Crippen LogP contribution in [0.3, 0.4) is 0 Å². The molecule has 1 spiro atoms. The van der Waals surface area contributed by atoms with Crippen LogP contribution in [-0.2, 0) is 21.7 Å². The summed E-state index contributed by atoms with van der Waals surface area (Å²) in [5.41, 5.74) is 22.8. The number of benzene rings is 8. The summed E-state index contributed by atoms with van der Waals surface area (Å²) in [6.45, 7) is 16.7. The summed E-state index contributed by atoms with van der Waals surface area (Å²) in [5, 5.41) is 0. The highest BCUT2D eigenvalue weighted by Gasteiger charge is 2.54. The van der Waals surface area contributed by atoms with Gasteiger partial charge in [-0.3, -0.25) is 0 Å². The molecule has 8 aromatic rings. The van der Waals surface area contributed by atoms with Crippen LogP contribution in [-0.4, -0.2) is 0 Å². The Kier molecular flexibility index (Phi) is 7.80. The van der Waals surface area contributed by atoms with E-state index in [1.165, 1.54) is 83.5 Å². The molecule has 3 aliphatic carbocycles. The first kappa shape index (κ1) is 36.6. The summed E-state index contributed by atoms with van der Waals surface area (Å²) in [6.07, 6.45) is 0. The monoisotopic (exact) mass is 773 g/mol. The SMILES string of the molecule is CC(C)(C)c1cccc2c1-c1ccc(N(c3ccc(-c4ccccc4)cc3)c3ccc4c(c3)C(C)(C)c3ccccc3-4)cc1C21c2ccccc2C(C)(C)c2ccccc21. The maximum atomic E-state index is 2.55. The lowest BCUT2D eigenvalue weighted by Gasteiger charge is -2.47. The molecular formula is C59H51N. The molecule has 8 aromatic carbocycles. The van der Waals surface area contributed by atoms with Gasteiger partial charge in [0.05, 0.1) is 5.41 Å². The van der Waals surface area contributed by atoms with Crippen molar-refractivity contribution >= 4 is 17.1 Å². The molecule has 0 amide bonds. The number of nitrogens with zero attached hydrogens (tertiary/aromatic N) is 1. The summed E-state index contributed by atoms with van der Waals surface area (Å²) in [5.74, 6) is 0. The molecule has 0 heterocycles. The Bertz CT molecular complexity index is 2960. The largest absolute Gasteiger partial charge is 0.310 e. The van der Waals surface area contributed by atoms with Crippen molar-refractivity contribution in [1.82, 2.24) is 0 Å². The van der Waals surface area contributed by atoms with Gasteiger partial charge in [-0.15, -0.1) is 0 Å². The van der Waals surface area contributed by atoms with Gasteiger partial charge in [0.25, 0.3) is 0 Å². The van der Waals surface area contributed by atoms with Crippen LogP contribution in [0.25, 0.3) is 33.4 Å². The molecule has 11 rings (SSSR count). The molecule has 292 valence electrons. The van der Waals surface area contributed by atoms with E-state index in [9.17, 15) is 0 Å². The van der Waals surface area contributed by atoms with E-state index in [2.05, 4.69) is 235 Å². The molecule has 0 fully saturated rings. The second-order valence-corrected chi connectivity index (χ2v) is 19.3. The van der Waals surface area contributed by atoms with Gasteiger partial charge in [-0.2, -0.15) is 0 Å². The molecule has 0 aliphatic heterocycles. The van der Waals surface area contributed by atoms with Crippen molar-refractivity contribution in [2.24, 2.45) is 0 Å². The van der Waals surface area contributed by atoms with Crippen molar-refractivity contribution in [1.29, 1.82) is 0 Å². The summed E-state index contributed by atoms with van der Waals surface area (Å²) in [6, 6.07) is 69.0. The van der Waals surface area contributed by atoms with Crippen molar-refractivity contribution in [2.75, 3.05) is 4.90 Å². The quantitative estimate of drug-likeness (QED) is 0.172. The summed E-state index contributed by atoms with van der Waals surface area (Å²) in [4.78, 5) is 2.50. The summed E-state index contributed by atoms with van der Waals surface area (Å²) in [7, 11) is 0. The number of fused-ring (bicyclic) bond motifs is 12. The molecule has 0 unspecified atom stereocenters. The van der Waals surface area contributed by atoms with Gasteiger partial charge in [0.15, 0.2) is 0 Å². The van der Waals surface area contributed by atoms with Gasteiger partial charge in [-0.05, 0) is 125 Å². The molecule has 0 atom stereocenters. The minimum absolute atomic E-state index is 0.0544. The van der Waals surface area contributed by atoms with Crippen LogP contribution in [0.15, 0.2) is 182 Å². The standard InChI is InChI=1S/C59H51N/c1-56(2,3)51-26-17-27-52-55(51)45-35-33-42(37-54(45)59(52)49-24-15-13-22-47(49)58(6,7)48-23-14-16-25-50(48)59)60(40-30-28-39(29-31-40)38-18-9-8-10-19-38)41-32-34-44-43-20-11-12-21-46(43)57(4,5)53(44)36-41/h8-37H,1-7H3. The highest BCUT2D eigenvalue weighted by Crippen LogP contribution is 2.64. The number of rotatable bonds is 4. The zero-order valence-electron chi connectivity index (χ0n) is 35.8. The molecule has 0 radical (unpaired) electrons. The maximum Gasteiger partial charge on any atom is 0.0720 e. The van der Waals surface area contributed by atoms with Gasteiger partial charge in [0.2, 0.25) is 0 Å². The molecule has 1 nitrogen and oxygen atoms in total. The van der Waals surface area contributed by atoms with Gasteiger partial charge in [-0.1, -0.05) is 194 Å². The lowest BCUT2D eigenvalue weighted by molar-refractivity contribution is 0.561. The van der Waals surface area contributed by atoms with Gasteiger partial charge < -0.3 is 4.90 Å². The molecule has 0 saturated carbocycles. The van der Waals surface area contributed by atoms with Crippen LogP contribution in [0, 0.1) is 0 Å². The maximum absolute atomic E-state index is 2.55. The number of anilines is 3. The predicted octanol–water partition coefficient (Wildman–Crippen LogP) is 15.4. The molecular weight excluding hydrogens is 723 g/mol. The van der Waals surface area contributed by atoms with E-state index in [-0.39, 0.29) is 16.2 Å². The third-order valence-electron chi connectivity index (χ3n) is 14.3. The zero-order chi connectivity index (χ0) is 41.2. The van der Waals surface area contributed by atoms with Gasteiger partial charge in [0, 0.05) is 27.9 Å². The highest BCUT2D eigenvalue weighted by molar-refractivity contribution is 5.93. The molecule has 0 N–H and O–H groups in total. The molecule has 0 aromatic heterocycles. The molecule has 60 heavy (non-hydrogen) atoms. The fourth-order valence-corrected chi connectivity index (χ4v) is 11.4. The minimum Gasteiger partial charge on any atom is -0.310 e. The Morgan fingerprint density at radius 3 is 1.45 bits per heavy atom. The zero-order valence-corrected chi connectivity index (χ0v) is 35.8. The topological polar surface area (TPSA) is 3.24 Å². The first-order valence-electron chi connectivity index (χ1n) is 21.6. The second-order valence-electron chi connectivity index (χ2n) is 19.3. The van der Waals surface area contributed by atoms with E-state index in [1.54, 1.807) is 0 Å². The van der Waals surface area contributed by atoms with Crippen LogP contribution in [0.5, 0.6) is 0 Å². The first-order valence-corrected chi connectivity index (χ1v) is 21.6. The van der Waals surface area contributed by atoms with Crippen LogP contribution in [0.4, 0.5) is 17.1 Å². The number of hydrogen-bond acceptors (Lipinski definition) is 1. The molecule has 0 bridgehead atoms. The lowest BCUT2D eigenvalue weighted by Crippen LogP contribution is -2.40. The molecule has 3 aliphatic rings. The summed E-state index contributed by atoms with van der Waals surface area (Å²) >= 11 is 0. The van der Waals surface area contributed by atoms with Crippen molar-refractivity contribution < 1.29 is 0 Å². The van der Waals surface area contributed by atoms with Crippen LogP contribution >= 0.6 is 0 Å². The van der Waals surface area contributed by atoms with E-state index in [4.69, 9.17) is 0 Å². The first-order chi connectivity index (χ1) is 28.9.